The Hall–Kier alpha value is -2.12. The Balaban J connectivity index is 2.31. The summed E-state index contributed by atoms with van der Waals surface area (Å²) in [7, 11) is 0. The van der Waals surface area contributed by atoms with Gasteiger partial charge in [0.1, 0.15) is 18.3 Å². The van der Waals surface area contributed by atoms with Gasteiger partial charge in [0.15, 0.2) is 0 Å². The lowest BCUT2D eigenvalue weighted by Gasteiger charge is -2.05. The quantitative estimate of drug-likeness (QED) is 0.806. The van der Waals surface area contributed by atoms with Crippen LogP contribution in [0.4, 0.5) is 0 Å². The molecule has 2 aromatic rings. The molecule has 92 valence electrons. The van der Waals surface area contributed by atoms with Crippen LogP contribution in [-0.4, -0.2) is 26.5 Å². The molecule has 0 amide bonds. The molecular formula is C14H15N3O. The third-order valence-electron chi connectivity index (χ3n) is 2.60. The highest BCUT2D eigenvalue weighted by atomic mass is 16.2. The van der Waals surface area contributed by atoms with Gasteiger partial charge in [-0.1, -0.05) is 30.0 Å². The molecule has 0 aliphatic heterocycles. The molecule has 0 atom stereocenters. The van der Waals surface area contributed by atoms with E-state index in [1.165, 1.54) is 0 Å². The van der Waals surface area contributed by atoms with Crippen LogP contribution < -0.4 is 0 Å². The molecule has 1 aromatic carbocycles. The van der Waals surface area contributed by atoms with Gasteiger partial charge in [0.25, 0.3) is 0 Å². The summed E-state index contributed by atoms with van der Waals surface area (Å²) in [4.78, 5) is 4.27. The molecule has 1 heterocycles. The number of aliphatic hydroxyl groups is 1. The van der Waals surface area contributed by atoms with Crippen molar-refractivity contribution in [2.24, 2.45) is 0 Å². The van der Waals surface area contributed by atoms with E-state index in [2.05, 4.69) is 21.9 Å². The molecule has 0 saturated carbocycles. The number of benzene rings is 1. The number of nitrogens with zero attached hydrogens (tertiary/aromatic N) is 3. The van der Waals surface area contributed by atoms with Crippen LogP contribution in [0.1, 0.15) is 22.8 Å². The second-order valence-electron chi connectivity index (χ2n) is 3.98. The van der Waals surface area contributed by atoms with Crippen LogP contribution in [0.25, 0.3) is 0 Å². The third-order valence-corrected chi connectivity index (χ3v) is 2.60. The van der Waals surface area contributed by atoms with Crippen LogP contribution in [0, 0.1) is 25.7 Å². The standard InChI is InChI=1S/C14H15N3O/c1-11-15-12(2)17(16-11)10-14-7-4-3-6-13(14)8-5-9-18/h3-4,6-7,18H,9-10H2,1-2H3. The van der Waals surface area contributed by atoms with Gasteiger partial charge in [-0.25, -0.2) is 9.67 Å². The molecule has 0 spiro atoms. The van der Waals surface area contributed by atoms with E-state index in [1.807, 2.05) is 42.8 Å². The Morgan fingerprint density at radius 2 is 2.06 bits per heavy atom. The molecule has 0 aliphatic carbocycles. The Morgan fingerprint density at radius 3 is 2.72 bits per heavy atom. The fraction of sp³-hybridized carbons (Fsp3) is 0.286. The van der Waals surface area contributed by atoms with E-state index in [1.54, 1.807) is 0 Å². The fourth-order valence-corrected chi connectivity index (χ4v) is 1.79. The number of aromatic nitrogens is 3. The fourth-order valence-electron chi connectivity index (χ4n) is 1.79. The van der Waals surface area contributed by atoms with E-state index >= 15 is 0 Å². The first kappa shape index (κ1) is 12.3. The normalized spacial score (nSPS) is 9.94. The lowest BCUT2D eigenvalue weighted by molar-refractivity contribution is 0.350. The predicted octanol–water partition coefficient (Wildman–Crippen LogP) is 1.29. The molecule has 0 unspecified atom stereocenters. The zero-order chi connectivity index (χ0) is 13.0. The van der Waals surface area contributed by atoms with Gasteiger partial charge >= 0.3 is 0 Å². The molecule has 4 heteroatoms. The van der Waals surface area contributed by atoms with Crippen molar-refractivity contribution in [1.29, 1.82) is 0 Å². The number of hydrogen-bond acceptors (Lipinski definition) is 3. The second-order valence-corrected chi connectivity index (χ2v) is 3.98. The summed E-state index contributed by atoms with van der Waals surface area (Å²) in [5.41, 5.74) is 1.99. The molecule has 0 radical (unpaired) electrons. The van der Waals surface area contributed by atoms with Crippen LogP contribution in [0.15, 0.2) is 24.3 Å². The topological polar surface area (TPSA) is 50.9 Å². The molecule has 18 heavy (non-hydrogen) atoms. The average molecular weight is 241 g/mol. The van der Waals surface area contributed by atoms with Crippen molar-refractivity contribution in [3.8, 4) is 11.8 Å². The average Bonchev–Trinajstić information content (AvgIpc) is 2.67. The summed E-state index contributed by atoms with van der Waals surface area (Å²) < 4.78 is 1.86. The van der Waals surface area contributed by atoms with Crippen molar-refractivity contribution in [3.05, 3.63) is 47.0 Å². The molecule has 0 bridgehead atoms. The molecule has 1 aromatic heterocycles. The first-order chi connectivity index (χ1) is 8.70. The molecular weight excluding hydrogens is 226 g/mol. The van der Waals surface area contributed by atoms with Crippen LogP contribution in [0.3, 0.4) is 0 Å². The van der Waals surface area contributed by atoms with Gasteiger partial charge in [-0.15, -0.1) is 0 Å². The summed E-state index contributed by atoms with van der Waals surface area (Å²) in [6.45, 7) is 4.32. The van der Waals surface area contributed by atoms with Gasteiger partial charge in [-0.2, -0.15) is 5.10 Å². The third kappa shape index (κ3) is 2.76. The Labute approximate surface area is 106 Å². The van der Waals surface area contributed by atoms with Gasteiger partial charge in [0, 0.05) is 5.56 Å². The van der Waals surface area contributed by atoms with Crippen LogP contribution in [0.5, 0.6) is 0 Å². The Morgan fingerprint density at radius 1 is 1.28 bits per heavy atom. The summed E-state index contributed by atoms with van der Waals surface area (Å²) in [6.07, 6.45) is 0. The zero-order valence-corrected chi connectivity index (χ0v) is 10.5. The predicted molar refractivity (Wildman–Crippen MR) is 69.0 cm³/mol. The highest BCUT2D eigenvalue weighted by Gasteiger charge is 2.05. The van der Waals surface area contributed by atoms with Crippen LogP contribution >= 0.6 is 0 Å². The number of hydrogen-bond donors (Lipinski definition) is 1. The maximum Gasteiger partial charge on any atom is 0.147 e. The molecule has 2 rings (SSSR count). The Bertz CT molecular complexity index is 605. The molecule has 1 N–H and O–H groups in total. The number of rotatable bonds is 2. The van der Waals surface area contributed by atoms with Crippen molar-refractivity contribution in [3.63, 3.8) is 0 Å². The lowest BCUT2D eigenvalue weighted by Crippen LogP contribution is -2.05. The molecule has 0 fully saturated rings. The Kier molecular flexibility index (Phi) is 3.75. The zero-order valence-electron chi connectivity index (χ0n) is 10.5. The van der Waals surface area contributed by atoms with Gasteiger partial charge in [0.05, 0.1) is 6.54 Å². The number of aryl methyl sites for hydroxylation is 2. The van der Waals surface area contributed by atoms with Crippen molar-refractivity contribution in [1.82, 2.24) is 14.8 Å². The van der Waals surface area contributed by atoms with Gasteiger partial charge < -0.3 is 5.11 Å². The molecule has 0 saturated heterocycles. The number of aliphatic hydroxyl groups excluding tert-OH is 1. The maximum absolute atomic E-state index is 8.75. The minimum absolute atomic E-state index is 0.129. The first-order valence-corrected chi connectivity index (χ1v) is 5.76. The first-order valence-electron chi connectivity index (χ1n) is 5.76. The monoisotopic (exact) mass is 241 g/mol. The lowest BCUT2D eigenvalue weighted by atomic mass is 10.1. The van der Waals surface area contributed by atoms with Gasteiger partial charge in [-0.3, -0.25) is 0 Å². The largest absolute Gasteiger partial charge is 0.384 e. The van der Waals surface area contributed by atoms with Crippen LogP contribution in [0.2, 0.25) is 0 Å². The highest BCUT2D eigenvalue weighted by molar-refractivity contribution is 5.41. The smallest absolute Gasteiger partial charge is 0.147 e. The highest BCUT2D eigenvalue weighted by Crippen LogP contribution is 2.10. The van der Waals surface area contributed by atoms with Crippen LogP contribution in [-0.2, 0) is 6.54 Å². The van der Waals surface area contributed by atoms with Gasteiger partial charge in [0.2, 0.25) is 0 Å². The maximum atomic E-state index is 8.75. The van der Waals surface area contributed by atoms with Crippen molar-refractivity contribution in [2.45, 2.75) is 20.4 Å². The minimum Gasteiger partial charge on any atom is -0.384 e. The summed E-state index contributed by atoms with van der Waals surface area (Å²) in [5.74, 6) is 7.28. The van der Waals surface area contributed by atoms with E-state index in [9.17, 15) is 0 Å². The summed E-state index contributed by atoms with van der Waals surface area (Å²) in [6, 6.07) is 7.86. The van der Waals surface area contributed by atoms with E-state index in [4.69, 9.17) is 5.11 Å². The SMILES string of the molecule is Cc1nc(C)n(Cc2ccccc2C#CCO)n1. The van der Waals surface area contributed by atoms with E-state index < -0.39 is 0 Å². The summed E-state index contributed by atoms with van der Waals surface area (Å²) in [5, 5.41) is 13.1. The van der Waals surface area contributed by atoms with Crippen molar-refractivity contribution >= 4 is 0 Å². The molecule has 4 nitrogen and oxygen atoms in total. The molecule has 0 aliphatic rings. The van der Waals surface area contributed by atoms with Crippen molar-refractivity contribution in [2.75, 3.05) is 6.61 Å². The van der Waals surface area contributed by atoms with E-state index in [0.29, 0.717) is 6.54 Å². The van der Waals surface area contributed by atoms with E-state index in [-0.39, 0.29) is 6.61 Å². The van der Waals surface area contributed by atoms with Crippen molar-refractivity contribution < 1.29 is 5.11 Å². The second kappa shape index (κ2) is 5.48. The van der Waals surface area contributed by atoms with Gasteiger partial charge in [-0.05, 0) is 25.5 Å². The minimum atomic E-state index is -0.129. The summed E-state index contributed by atoms with van der Waals surface area (Å²) >= 11 is 0. The van der Waals surface area contributed by atoms with E-state index in [0.717, 1.165) is 22.8 Å².